The normalized spacial score (nSPS) is 12.0. The number of nitrogens with one attached hydrogen (secondary N) is 1. The maximum atomic E-state index is 12.2. The van der Waals surface area contributed by atoms with E-state index in [2.05, 4.69) is 12.2 Å². The van der Waals surface area contributed by atoms with Crippen molar-refractivity contribution >= 4 is 11.9 Å². The summed E-state index contributed by atoms with van der Waals surface area (Å²) in [6.07, 6.45) is 4.49. The lowest BCUT2D eigenvalue weighted by molar-refractivity contribution is -0.139. The minimum absolute atomic E-state index is 0.315. The number of hydrogen-bond acceptors (Lipinski definition) is 2. The van der Waals surface area contributed by atoms with E-state index in [1.807, 2.05) is 19.9 Å². The fourth-order valence-corrected chi connectivity index (χ4v) is 2.38. The van der Waals surface area contributed by atoms with Crippen LogP contribution in [0.3, 0.4) is 0 Å². The lowest BCUT2D eigenvalue weighted by atomic mass is 10.0. The van der Waals surface area contributed by atoms with Crippen molar-refractivity contribution in [2.45, 2.75) is 58.9 Å². The topological polar surface area (TPSA) is 66.4 Å². The van der Waals surface area contributed by atoms with Crippen LogP contribution >= 0.6 is 0 Å². The largest absolute Gasteiger partial charge is 0.480 e. The molecule has 1 rings (SSSR count). The van der Waals surface area contributed by atoms with Crippen LogP contribution in [0.1, 0.15) is 60.5 Å². The van der Waals surface area contributed by atoms with Crippen LogP contribution in [0, 0.1) is 13.8 Å². The second-order valence-electron chi connectivity index (χ2n) is 5.59. The summed E-state index contributed by atoms with van der Waals surface area (Å²) in [6, 6.07) is 4.72. The number of rotatable bonds is 8. The number of aryl methyl sites for hydroxylation is 2. The standard InChI is InChI=1S/C17H25NO3/c1-4-5-6-7-8-15(17(20)21)18-16(19)14-10-12(2)9-13(3)11-14/h9-11,15H,4-8H2,1-3H3,(H,18,19)(H,20,21)/t15-/m0/s1. The molecule has 1 aromatic rings. The zero-order chi connectivity index (χ0) is 15.8. The van der Waals surface area contributed by atoms with Crippen molar-refractivity contribution in [1.29, 1.82) is 0 Å². The van der Waals surface area contributed by atoms with Crippen LogP contribution in [-0.4, -0.2) is 23.0 Å². The van der Waals surface area contributed by atoms with Gasteiger partial charge in [-0.1, -0.05) is 49.8 Å². The van der Waals surface area contributed by atoms with Crippen molar-refractivity contribution in [3.63, 3.8) is 0 Å². The first-order valence-corrected chi connectivity index (χ1v) is 7.56. The number of hydrogen-bond donors (Lipinski definition) is 2. The Morgan fingerprint density at radius 3 is 2.24 bits per heavy atom. The summed E-state index contributed by atoms with van der Waals surface area (Å²) >= 11 is 0. The SMILES string of the molecule is CCCCCC[C@H](NC(=O)c1cc(C)cc(C)c1)C(=O)O. The average Bonchev–Trinajstić information content (AvgIpc) is 2.40. The lowest BCUT2D eigenvalue weighted by Crippen LogP contribution is -2.40. The van der Waals surface area contributed by atoms with Crippen LogP contribution in [0.5, 0.6) is 0 Å². The molecule has 0 fully saturated rings. The Morgan fingerprint density at radius 2 is 1.71 bits per heavy atom. The third-order valence-corrected chi connectivity index (χ3v) is 3.43. The number of aliphatic carboxylic acids is 1. The number of benzene rings is 1. The molecule has 0 radical (unpaired) electrons. The van der Waals surface area contributed by atoms with Gasteiger partial charge in [-0.05, 0) is 32.4 Å². The third-order valence-electron chi connectivity index (χ3n) is 3.43. The minimum Gasteiger partial charge on any atom is -0.480 e. The van der Waals surface area contributed by atoms with Crippen molar-refractivity contribution in [2.24, 2.45) is 0 Å². The van der Waals surface area contributed by atoms with Gasteiger partial charge in [0.1, 0.15) is 6.04 Å². The Morgan fingerprint density at radius 1 is 1.10 bits per heavy atom. The van der Waals surface area contributed by atoms with Crippen LogP contribution in [0.4, 0.5) is 0 Å². The predicted molar refractivity (Wildman–Crippen MR) is 83.6 cm³/mol. The first-order chi connectivity index (χ1) is 9.93. The van der Waals surface area contributed by atoms with Crippen LogP contribution in [-0.2, 0) is 4.79 Å². The highest BCUT2D eigenvalue weighted by Gasteiger charge is 2.20. The van der Waals surface area contributed by atoms with Crippen LogP contribution in [0.25, 0.3) is 0 Å². The molecular formula is C17H25NO3. The highest BCUT2D eigenvalue weighted by Crippen LogP contribution is 2.11. The van der Waals surface area contributed by atoms with Crippen LogP contribution in [0.2, 0.25) is 0 Å². The van der Waals surface area contributed by atoms with Crippen LogP contribution < -0.4 is 5.32 Å². The molecule has 0 aliphatic rings. The summed E-state index contributed by atoms with van der Waals surface area (Å²) in [5.74, 6) is -1.28. The van der Waals surface area contributed by atoms with Crippen LogP contribution in [0.15, 0.2) is 18.2 Å². The Kier molecular flexibility index (Phi) is 6.92. The van der Waals surface area contributed by atoms with Crippen molar-refractivity contribution in [2.75, 3.05) is 0 Å². The second-order valence-corrected chi connectivity index (χ2v) is 5.59. The van der Waals surface area contributed by atoms with Crippen molar-refractivity contribution < 1.29 is 14.7 Å². The molecule has 4 heteroatoms. The van der Waals surface area contributed by atoms with E-state index in [1.165, 1.54) is 0 Å². The van der Waals surface area contributed by atoms with Gasteiger partial charge in [0.25, 0.3) is 5.91 Å². The number of unbranched alkanes of at least 4 members (excludes halogenated alkanes) is 3. The molecule has 21 heavy (non-hydrogen) atoms. The first kappa shape index (κ1) is 17.2. The predicted octanol–water partition coefficient (Wildman–Crippen LogP) is 3.46. The molecule has 0 aromatic heterocycles. The molecule has 1 aromatic carbocycles. The number of carbonyl (C=O) groups excluding carboxylic acids is 1. The number of amides is 1. The molecule has 0 spiro atoms. The molecule has 116 valence electrons. The van der Waals surface area contributed by atoms with E-state index in [4.69, 9.17) is 0 Å². The molecule has 0 saturated heterocycles. The van der Waals surface area contributed by atoms with Gasteiger partial charge in [-0.25, -0.2) is 4.79 Å². The average molecular weight is 291 g/mol. The molecule has 0 aliphatic heterocycles. The van der Waals surface area contributed by atoms with E-state index >= 15 is 0 Å². The maximum absolute atomic E-state index is 12.2. The van der Waals surface area contributed by atoms with Gasteiger partial charge in [-0.15, -0.1) is 0 Å². The quantitative estimate of drug-likeness (QED) is 0.721. The molecule has 0 heterocycles. The first-order valence-electron chi connectivity index (χ1n) is 7.56. The monoisotopic (exact) mass is 291 g/mol. The van der Waals surface area contributed by atoms with Gasteiger partial charge in [0.2, 0.25) is 0 Å². The Hall–Kier alpha value is -1.84. The number of carboxylic acids is 1. The third kappa shape index (κ3) is 5.98. The number of carbonyl (C=O) groups is 2. The van der Waals surface area contributed by atoms with E-state index in [0.29, 0.717) is 12.0 Å². The molecule has 0 aliphatic carbocycles. The second kappa shape index (κ2) is 8.45. The Labute approximate surface area is 126 Å². The molecule has 0 unspecified atom stereocenters. The fourth-order valence-electron chi connectivity index (χ4n) is 2.38. The van der Waals surface area contributed by atoms with Crippen molar-refractivity contribution in [3.8, 4) is 0 Å². The van der Waals surface area contributed by atoms with Gasteiger partial charge in [-0.3, -0.25) is 4.79 Å². The highest BCUT2D eigenvalue weighted by molar-refractivity contribution is 5.96. The molecule has 1 amide bonds. The van der Waals surface area contributed by atoms with Gasteiger partial charge in [0, 0.05) is 5.56 Å². The summed E-state index contributed by atoms with van der Waals surface area (Å²) in [6.45, 7) is 5.95. The van der Waals surface area contributed by atoms with Gasteiger partial charge in [-0.2, -0.15) is 0 Å². The molecule has 4 nitrogen and oxygen atoms in total. The highest BCUT2D eigenvalue weighted by atomic mass is 16.4. The zero-order valence-electron chi connectivity index (χ0n) is 13.1. The van der Waals surface area contributed by atoms with E-state index in [-0.39, 0.29) is 5.91 Å². The smallest absolute Gasteiger partial charge is 0.326 e. The van der Waals surface area contributed by atoms with E-state index in [9.17, 15) is 14.7 Å². The van der Waals surface area contributed by atoms with Gasteiger partial charge < -0.3 is 10.4 Å². The summed E-state index contributed by atoms with van der Waals surface area (Å²) in [5, 5.41) is 11.8. The van der Waals surface area contributed by atoms with E-state index in [1.54, 1.807) is 12.1 Å². The molecule has 1 atom stereocenters. The van der Waals surface area contributed by atoms with E-state index < -0.39 is 12.0 Å². The molecule has 0 bridgehead atoms. The summed E-state index contributed by atoms with van der Waals surface area (Å²) in [7, 11) is 0. The van der Waals surface area contributed by atoms with Crippen molar-refractivity contribution in [1.82, 2.24) is 5.32 Å². The van der Waals surface area contributed by atoms with Gasteiger partial charge in [0.15, 0.2) is 0 Å². The van der Waals surface area contributed by atoms with Gasteiger partial charge >= 0.3 is 5.97 Å². The summed E-state index contributed by atoms with van der Waals surface area (Å²) in [5.41, 5.74) is 2.51. The summed E-state index contributed by atoms with van der Waals surface area (Å²) < 4.78 is 0. The maximum Gasteiger partial charge on any atom is 0.326 e. The van der Waals surface area contributed by atoms with Crippen molar-refractivity contribution in [3.05, 3.63) is 34.9 Å². The molecular weight excluding hydrogens is 266 g/mol. The molecule has 2 N–H and O–H groups in total. The van der Waals surface area contributed by atoms with Gasteiger partial charge in [0.05, 0.1) is 0 Å². The zero-order valence-corrected chi connectivity index (χ0v) is 13.1. The van der Waals surface area contributed by atoms with E-state index in [0.717, 1.165) is 36.8 Å². The lowest BCUT2D eigenvalue weighted by Gasteiger charge is -2.15. The fraction of sp³-hybridized carbons (Fsp3) is 0.529. The molecule has 0 saturated carbocycles. The Bertz CT molecular complexity index is 477. The summed E-state index contributed by atoms with van der Waals surface area (Å²) in [4.78, 5) is 23.4. The minimum atomic E-state index is -0.968. The Balaban J connectivity index is 2.65. The number of carboxylic acid groups (broad SMARTS) is 1.